The van der Waals surface area contributed by atoms with E-state index in [1.165, 1.54) is 5.56 Å². The van der Waals surface area contributed by atoms with Gasteiger partial charge < -0.3 is 4.84 Å². The Balaban J connectivity index is 2.03. The number of benzene rings is 2. The molecule has 2 aromatic rings. The molecule has 0 N–H and O–H groups in total. The molecule has 22 heavy (non-hydrogen) atoms. The van der Waals surface area contributed by atoms with Crippen molar-refractivity contribution in [3.05, 3.63) is 71.3 Å². The van der Waals surface area contributed by atoms with Crippen LogP contribution in [0.5, 0.6) is 0 Å². The summed E-state index contributed by atoms with van der Waals surface area (Å²) in [4.78, 5) is 17.0. The molecule has 0 aliphatic rings. The Morgan fingerprint density at radius 2 is 1.68 bits per heavy atom. The first-order chi connectivity index (χ1) is 10.6. The van der Waals surface area contributed by atoms with E-state index in [9.17, 15) is 4.79 Å². The Morgan fingerprint density at radius 3 is 2.27 bits per heavy atom. The largest absolute Gasteiger partial charge is 0.365 e. The third kappa shape index (κ3) is 4.04. The van der Waals surface area contributed by atoms with Crippen LogP contribution in [0.1, 0.15) is 54.6 Å². The lowest BCUT2D eigenvalue weighted by Crippen LogP contribution is -2.04. The molecule has 1 atom stereocenters. The molecular weight excluding hydrogens is 274 g/mol. The SMILES string of the molecule is CCC(C)c1ccc(C(=O)O/N=C(/C)c2ccccc2)cc1. The Morgan fingerprint density at radius 1 is 1.05 bits per heavy atom. The van der Waals surface area contributed by atoms with E-state index in [-0.39, 0.29) is 0 Å². The summed E-state index contributed by atoms with van der Waals surface area (Å²) in [7, 11) is 0. The van der Waals surface area contributed by atoms with Crippen LogP contribution in [0.2, 0.25) is 0 Å². The van der Waals surface area contributed by atoms with E-state index in [0.29, 0.717) is 17.2 Å². The number of carbonyl (C=O) groups is 1. The topological polar surface area (TPSA) is 38.7 Å². The van der Waals surface area contributed by atoms with E-state index in [2.05, 4.69) is 19.0 Å². The van der Waals surface area contributed by atoms with E-state index >= 15 is 0 Å². The predicted molar refractivity (Wildman–Crippen MR) is 89.2 cm³/mol. The molecule has 0 radical (unpaired) electrons. The monoisotopic (exact) mass is 295 g/mol. The van der Waals surface area contributed by atoms with Gasteiger partial charge in [0.2, 0.25) is 0 Å². The van der Waals surface area contributed by atoms with Crippen LogP contribution >= 0.6 is 0 Å². The van der Waals surface area contributed by atoms with Gasteiger partial charge in [-0.25, -0.2) is 4.79 Å². The zero-order chi connectivity index (χ0) is 15.9. The van der Waals surface area contributed by atoms with Crippen molar-refractivity contribution in [3.63, 3.8) is 0 Å². The molecule has 0 bridgehead atoms. The summed E-state index contributed by atoms with van der Waals surface area (Å²) in [6, 6.07) is 17.1. The fraction of sp³-hybridized carbons (Fsp3) is 0.263. The van der Waals surface area contributed by atoms with Gasteiger partial charge in [0.15, 0.2) is 0 Å². The molecule has 0 aliphatic heterocycles. The third-order valence-corrected chi connectivity index (χ3v) is 3.78. The van der Waals surface area contributed by atoms with Gasteiger partial charge in [0.05, 0.1) is 11.3 Å². The normalized spacial score (nSPS) is 12.8. The van der Waals surface area contributed by atoms with Crippen molar-refractivity contribution < 1.29 is 9.63 Å². The number of hydrogen-bond acceptors (Lipinski definition) is 3. The van der Waals surface area contributed by atoms with Gasteiger partial charge in [-0.3, -0.25) is 0 Å². The van der Waals surface area contributed by atoms with Gasteiger partial charge in [-0.15, -0.1) is 0 Å². The maximum atomic E-state index is 12.0. The molecule has 0 saturated heterocycles. The minimum absolute atomic E-state index is 0.439. The van der Waals surface area contributed by atoms with Gasteiger partial charge in [-0.2, -0.15) is 0 Å². The standard InChI is InChI=1S/C19H21NO2/c1-4-14(2)16-10-12-18(13-11-16)19(21)22-20-15(3)17-8-6-5-7-9-17/h5-14H,4H2,1-3H3/b20-15-. The summed E-state index contributed by atoms with van der Waals surface area (Å²) >= 11 is 0. The van der Waals surface area contributed by atoms with E-state index in [4.69, 9.17) is 4.84 Å². The molecule has 0 spiro atoms. The van der Waals surface area contributed by atoms with Gasteiger partial charge in [0.25, 0.3) is 0 Å². The number of rotatable bonds is 5. The van der Waals surface area contributed by atoms with E-state index in [0.717, 1.165) is 12.0 Å². The molecular formula is C19H21NO2. The second-order valence-electron chi connectivity index (χ2n) is 5.35. The Kier molecular flexibility index (Phi) is 5.48. The van der Waals surface area contributed by atoms with E-state index < -0.39 is 5.97 Å². The predicted octanol–water partition coefficient (Wildman–Crippen LogP) is 4.78. The van der Waals surface area contributed by atoms with Gasteiger partial charge in [0.1, 0.15) is 0 Å². The first kappa shape index (κ1) is 16.0. The molecule has 0 heterocycles. The van der Waals surface area contributed by atoms with Crippen molar-refractivity contribution >= 4 is 11.7 Å². The molecule has 3 heteroatoms. The van der Waals surface area contributed by atoms with Crippen LogP contribution in [0, 0.1) is 0 Å². The average Bonchev–Trinajstić information content (AvgIpc) is 2.59. The summed E-state index contributed by atoms with van der Waals surface area (Å²) in [6.07, 6.45) is 1.07. The zero-order valence-electron chi connectivity index (χ0n) is 13.2. The first-order valence-electron chi connectivity index (χ1n) is 7.53. The summed E-state index contributed by atoms with van der Waals surface area (Å²) in [5, 5.41) is 3.91. The molecule has 114 valence electrons. The molecule has 0 saturated carbocycles. The summed E-state index contributed by atoms with van der Waals surface area (Å²) in [5.41, 5.74) is 3.34. The van der Waals surface area contributed by atoms with Crippen molar-refractivity contribution in [1.29, 1.82) is 0 Å². The second-order valence-corrected chi connectivity index (χ2v) is 5.35. The van der Waals surface area contributed by atoms with Crippen LogP contribution in [-0.4, -0.2) is 11.7 Å². The minimum atomic E-state index is -0.439. The van der Waals surface area contributed by atoms with Crippen molar-refractivity contribution in [2.45, 2.75) is 33.1 Å². The third-order valence-electron chi connectivity index (χ3n) is 3.78. The maximum absolute atomic E-state index is 12.0. The Hall–Kier alpha value is -2.42. The molecule has 0 aromatic heterocycles. The molecule has 1 unspecified atom stereocenters. The molecule has 0 aliphatic carbocycles. The van der Waals surface area contributed by atoms with Gasteiger partial charge in [-0.05, 0) is 42.5 Å². The molecule has 2 aromatic carbocycles. The lowest BCUT2D eigenvalue weighted by Gasteiger charge is -2.08. The van der Waals surface area contributed by atoms with Gasteiger partial charge >= 0.3 is 5.97 Å². The fourth-order valence-electron chi connectivity index (χ4n) is 2.08. The molecule has 3 nitrogen and oxygen atoms in total. The highest BCUT2D eigenvalue weighted by Crippen LogP contribution is 2.19. The smallest absolute Gasteiger partial charge is 0.313 e. The number of nitrogens with zero attached hydrogens (tertiary/aromatic N) is 1. The van der Waals surface area contributed by atoms with Crippen LogP contribution in [0.25, 0.3) is 0 Å². The van der Waals surface area contributed by atoms with Crippen molar-refractivity contribution in [2.24, 2.45) is 5.16 Å². The first-order valence-corrected chi connectivity index (χ1v) is 7.53. The number of oxime groups is 1. The van der Waals surface area contributed by atoms with E-state index in [1.807, 2.05) is 49.4 Å². The van der Waals surface area contributed by atoms with Crippen molar-refractivity contribution in [3.8, 4) is 0 Å². The molecule has 0 fully saturated rings. The van der Waals surface area contributed by atoms with Crippen molar-refractivity contribution in [2.75, 3.05) is 0 Å². The van der Waals surface area contributed by atoms with E-state index in [1.54, 1.807) is 12.1 Å². The lowest BCUT2D eigenvalue weighted by atomic mass is 9.98. The lowest BCUT2D eigenvalue weighted by molar-refractivity contribution is 0.0516. The zero-order valence-corrected chi connectivity index (χ0v) is 13.2. The second kappa shape index (κ2) is 7.55. The van der Waals surface area contributed by atoms with Crippen LogP contribution in [0.15, 0.2) is 59.8 Å². The summed E-state index contributed by atoms with van der Waals surface area (Å²) in [6.45, 7) is 6.13. The minimum Gasteiger partial charge on any atom is -0.313 e. The summed E-state index contributed by atoms with van der Waals surface area (Å²) < 4.78 is 0. The Labute approximate surface area is 131 Å². The van der Waals surface area contributed by atoms with Crippen LogP contribution in [0.3, 0.4) is 0 Å². The highest BCUT2D eigenvalue weighted by atomic mass is 16.7. The van der Waals surface area contributed by atoms with Crippen LogP contribution in [0.4, 0.5) is 0 Å². The molecule has 0 amide bonds. The number of hydrogen-bond donors (Lipinski definition) is 0. The highest BCUT2D eigenvalue weighted by Gasteiger charge is 2.09. The average molecular weight is 295 g/mol. The number of carbonyl (C=O) groups excluding carboxylic acids is 1. The van der Waals surface area contributed by atoms with Crippen LogP contribution < -0.4 is 0 Å². The van der Waals surface area contributed by atoms with Gasteiger partial charge in [0, 0.05) is 0 Å². The molecule has 2 rings (SSSR count). The Bertz CT molecular complexity index is 645. The quantitative estimate of drug-likeness (QED) is 0.452. The van der Waals surface area contributed by atoms with Gasteiger partial charge in [-0.1, -0.05) is 61.5 Å². The van der Waals surface area contributed by atoms with Crippen LogP contribution in [-0.2, 0) is 4.84 Å². The summed E-state index contributed by atoms with van der Waals surface area (Å²) in [5.74, 6) is 0.0504. The fourth-order valence-corrected chi connectivity index (χ4v) is 2.08. The maximum Gasteiger partial charge on any atom is 0.365 e. The van der Waals surface area contributed by atoms with Crippen molar-refractivity contribution in [1.82, 2.24) is 0 Å². The highest BCUT2D eigenvalue weighted by molar-refractivity contribution is 5.99.